The first-order chi connectivity index (χ1) is 11.5. The number of nitro benzene ring substituents is 1. The van der Waals surface area contributed by atoms with Crippen LogP contribution in [0.3, 0.4) is 0 Å². The topological polar surface area (TPSA) is 46.4 Å². The van der Waals surface area contributed by atoms with Crippen molar-refractivity contribution in [2.75, 3.05) is 11.4 Å². The zero-order valence-corrected chi connectivity index (χ0v) is 13.5. The Morgan fingerprint density at radius 2 is 1.71 bits per heavy atom. The van der Waals surface area contributed by atoms with E-state index in [2.05, 4.69) is 0 Å². The average molecular weight is 334 g/mol. The van der Waals surface area contributed by atoms with Gasteiger partial charge in [-0.3, -0.25) is 10.1 Å². The third-order valence-electron chi connectivity index (χ3n) is 3.86. The first kappa shape index (κ1) is 17.8. The first-order valence-corrected chi connectivity index (χ1v) is 7.95. The highest BCUT2D eigenvalue weighted by atomic mass is 19.1. The van der Waals surface area contributed by atoms with Crippen LogP contribution < -0.4 is 4.90 Å². The lowest BCUT2D eigenvalue weighted by molar-refractivity contribution is -0.384. The fraction of sp³-hybridized carbons (Fsp3) is 0.333. The van der Waals surface area contributed by atoms with E-state index in [1.807, 2.05) is 6.92 Å². The van der Waals surface area contributed by atoms with Crippen molar-refractivity contribution in [2.24, 2.45) is 0 Å². The number of rotatable bonds is 8. The summed E-state index contributed by atoms with van der Waals surface area (Å²) in [6, 6.07) is 9.98. The molecular formula is C18H20F2N2O2. The second-order valence-electron chi connectivity index (χ2n) is 5.57. The molecule has 0 amide bonds. The van der Waals surface area contributed by atoms with Crippen molar-refractivity contribution in [3.05, 3.63) is 69.8 Å². The number of hydrogen-bond acceptors (Lipinski definition) is 3. The van der Waals surface area contributed by atoms with Crippen LogP contribution >= 0.6 is 0 Å². The molecule has 0 aliphatic heterocycles. The monoisotopic (exact) mass is 334 g/mol. The van der Waals surface area contributed by atoms with Gasteiger partial charge in [-0.15, -0.1) is 0 Å². The summed E-state index contributed by atoms with van der Waals surface area (Å²) in [5.41, 5.74) is 0.235. The summed E-state index contributed by atoms with van der Waals surface area (Å²) in [5.74, 6) is -1.29. The molecule has 128 valence electrons. The maximum atomic E-state index is 14.0. The van der Waals surface area contributed by atoms with Crippen molar-refractivity contribution in [2.45, 2.75) is 32.7 Å². The highest BCUT2D eigenvalue weighted by Crippen LogP contribution is 2.30. The summed E-state index contributed by atoms with van der Waals surface area (Å²) in [6.45, 7) is 2.49. The van der Waals surface area contributed by atoms with Crippen LogP contribution in [0.1, 0.15) is 31.7 Å². The van der Waals surface area contributed by atoms with E-state index in [0.29, 0.717) is 12.2 Å². The molecule has 6 heteroatoms. The molecule has 0 bridgehead atoms. The van der Waals surface area contributed by atoms with E-state index < -0.39 is 16.6 Å². The van der Waals surface area contributed by atoms with Gasteiger partial charge in [-0.1, -0.05) is 38.0 Å². The normalized spacial score (nSPS) is 10.6. The first-order valence-electron chi connectivity index (χ1n) is 7.95. The molecule has 0 saturated carbocycles. The second-order valence-corrected chi connectivity index (χ2v) is 5.57. The maximum absolute atomic E-state index is 14.0. The number of para-hydroxylation sites is 2. The average Bonchev–Trinajstić information content (AvgIpc) is 2.57. The summed E-state index contributed by atoms with van der Waals surface area (Å²) in [5, 5.41) is 11.3. The predicted molar refractivity (Wildman–Crippen MR) is 90.0 cm³/mol. The lowest BCUT2D eigenvalue weighted by atomic mass is 10.1. The molecule has 4 nitrogen and oxygen atoms in total. The van der Waals surface area contributed by atoms with E-state index in [1.54, 1.807) is 23.1 Å². The molecule has 0 fully saturated rings. The molecule has 0 radical (unpaired) electrons. The number of halogens is 2. The molecule has 0 spiro atoms. The molecule has 0 unspecified atom stereocenters. The van der Waals surface area contributed by atoms with Crippen LogP contribution in [0.2, 0.25) is 0 Å². The maximum Gasteiger partial charge on any atom is 0.292 e. The van der Waals surface area contributed by atoms with Crippen LogP contribution in [0.5, 0.6) is 0 Å². The lowest BCUT2D eigenvalue weighted by Crippen LogP contribution is -2.26. The molecular weight excluding hydrogens is 314 g/mol. The van der Waals surface area contributed by atoms with Gasteiger partial charge in [-0.05, 0) is 24.6 Å². The number of nitro groups is 1. The Labute approximate surface area is 139 Å². The molecule has 0 heterocycles. The number of unbranched alkanes of at least 4 members (excludes halogenated alkanes) is 2. The standard InChI is InChI=1S/C18H20F2N2O2/c1-2-3-6-12-21(13-14-15(19)8-7-9-16(14)20)17-10-4-5-11-18(17)22(23)24/h4-5,7-11H,2-3,6,12-13H2,1H3. The van der Waals surface area contributed by atoms with Crippen LogP contribution in [-0.4, -0.2) is 11.5 Å². The minimum atomic E-state index is -0.644. The molecule has 2 rings (SSSR count). The SMILES string of the molecule is CCCCCN(Cc1c(F)cccc1F)c1ccccc1[N+](=O)[O-]. The Balaban J connectivity index is 2.37. The number of hydrogen-bond donors (Lipinski definition) is 0. The Kier molecular flexibility index (Phi) is 6.23. The highest BCUT2D eigenvalue weighted by Gasteiger charge is 2.21. The lowest BCUT2D eigenvalue weighted by Gasteiger charge is -2.25. The molecule has 0 aliphatic carbocycles. The van der Waals surface area contributed by atoms with Gasteiger partial charge in [0.05, 0.1) is 4.92 Å². The van der Waals surface area contributed by atoms with Crippen molar-refractivity contribution in [3.63, 3.8) is 0 Å². The minimum Gasteiger partial charge on any atom is -0.361 e. The molecule has 0 N–H and O–H groups in total. The zero-order chi connectivity index (χ0) is 17.5. The zero-order valence-electron chi connectivity index (χ0n) is 13.5. The summed E-state index contributed by atoms with van der Waals surface area (Å²) in [4.78, 5) is 12.5. The largest absolute Gasteiger partial charge is 0.361 e. The van der Waals surface area contributed by atoms with Crippen LogP contribution in [-0.2, 0) is 6.54 Å². The molecule has 0 aliphatic rings. The van der Waals surface area contributed by atoms with Gasteiger partial charge >= 0.3 is 0 Å². The van der Waals surface area contributed by atoms with Crippen molar-refractivity contribution < 1.29 is 13.7 Å². The molecule has 2 aromatic carbocycles. The molecule has 0 saturated heterocycles. The summed E-state index contributed by atoms with van der Waals surface area (Å²) in [6.07, 6.45) is 2.72. The minimum absolute atomic E-state index is 0.0485. The Hall–Kier alpha value is -2.50. The second kappa shape index (κ2) is 8.38. The van der Waals surface area contributed by atoms with E-state index in [4.69, 9.17) is 0 Å². The van der Waals surface area contributed by atoms with Gasteiger partial charge in [0.15, 0.2) is 0 Å². The van der Waals surface area contributed by atoms with Gasteiger partial charge in [-0.2, -0.15) is 0 Å². The number of nitrogens with zero attached hydrogens (tertiary/aromatic N) is 2. The fourth-order valence-corrected chi connectivity index (χ4v) is 2.60. The Morgan fingerprint density at radius 3 is 2.33 bits per heavy atom. The van der Waals surface area contributed by atoms with E-state index in [9.17, 15) is 18.9 Å². The van der Waals surface area contributed by atoms with E-state index >= 15 is 0 Å². The Bertz CT molecular complexity index is 687. The van der Waals surface area contributed by atoms with Gasteiger partial charge in [0.2, 0.25) is 0 Å². The molecule has 0 atom stereocenters. The van der Waals surface area contributed by atoms with Crippen molar-refractivity contribution in [1.82, 2.24) is 0 Å². The van der Waals surface area contributed by atoms with Crippen molar-refractivity contribution in [1.29, 1.82) is 0 Å². The van der Waals surface area contributed by atoms with E-state index in [-0.39, 0.29) is 17.8 Å². The number of benzene rings is 2. The smallest absolute Gasteiger partial charge is 0.292 e. The molecule has 2 aromatic rings. The van der Waals surface area contributed by atoms with E-state index in [1.165, 1.54) is 24.3 Å². The van der Waals surface area contributed by atoms with Crippen LogP contribution in [0.25, 0.3) is 0 Å². The predicted octanol–water partition coefficient (Wildman–Crippen LogP) is 5.07. The van der Waals surface area contributed by atoms with Gasteiger partial charge in [0.25, 0.3) is 5.69 Å². The summed E-state index contributed by atoms with van der Waals surface area (Å²) >= 11 is 0. The summed E-state index contributed by atoms with van der Waals surface area (Å²) < 4.78 is 27.9. The van der Waals surface area contributed by atoms with Gasteiger partial charge < -0.3 is 4.90 Å². The van der Waals surface area contributed by atoms with Crippen molar-refractivity contribution in [3.8, 4) is 0 Å². The van der Waals surface area contributed by atoms with Gasteiger partial charge in [0, 0.05) is 24.7 Å². The van der Waals surface area contributed by atoms with Crippen LogP contribution in [0.4, 0.5) is 20.2 Å². The van der Waals surface area contributed by atoms with Gasteiger partial charge in [-0.25, -0.2) is 8.78 Å². The quantitative estimate of drug-likeness (QED) is 0.385. The molecule has 24 heavy (non-hydrogen) atoms. The highest BCUT2D eigenvalue weighted by molar-refractivity contribution is 5.63. The van der Waals surface area contributed by atoms with E-state index in [0.717, 1.165) is 19.3 Å². The van der Waals surface area contributed by atoms with Gasteiger partial charge in [0.1, 0.15) is 17.3 Å². The van der Waals surface area contributed by atoms with Crippen molar-refractivity contribution >= 4 is 11.4 Å². The van der Waals surface area contributed by atoms with Crippen LogP contribution in [0, 0.1) is 21.7 Å². The van der Waals surface area contributed by atoms with Crippen LogP contribution in [0.15, 0.2) is 42.5 Å². The number of anilines is 1. The third-order valence-corrected chi connectivity index (χ3v) is 3.86. The fourth-order valence-electron chi connectivity index (χ4n) is 2.60. The summed E-state index contributed by atoms with van der Waals surface area (Å²) in [7, 11) is 0. The molecule has 0 aromatic heterocycles. The Morgan fingerprint density at radius 1 is 1.04 bits per heavy atom. The third kappa shape index (κ3) is 4.28.